The fourth-order valence-corrected chi connectivity index (χ4v) is 6.51. The van der Waals surface area contributed by atoms with Crippen molar-refractivity contribution in [3.63, 3.8) is 0 Å². The van der Waals surface area contributed by atoms with Crippen LogP contribution in [0.4, 0.5) is 92.2 Å². The molecule has 0 aliphatic heterocycles. The summed E-state index contributed by atoms with van der Waals surface area (Å²) in [5.41, 5.74) is -3.41. The highest BCUT2D eigenvalue weighted by atomic mass is 32.2. The van der Waals surface area contributed by atoms with Crippen molar-refractivity contribution in [2.24, 2.45) is 0 Å². The quantitative estimate of drug-likeness (QED) is 0.112. The molecule has 0 atom stereocenters. The van der Waals surface area contributed by atoms with Crippen LogP contribution in [-0.4, -0.2) is 115 Å². The average Bonchev–Trinajstić information content (AvgIpc) is 2.78. The van der Waals surface area contributed by atoms with E-state index in [1.165, 1.54) is 0 Å². The first-order chi connectivity index (χ1) is 21.7. The molecule has 0 heterocycles. The van der Waals surface area contributed by atoms with Crippen LogP contribution in [0.5, 0.6) is 0 Å². The molecule has 0 rings (SSSR count). The van der Waals surface area contributed by atoms with E-state index in [2.05, 4.69) is 12.5 Å². The predicted octanol–water partition coefficient (Wildman–Crippen LogP) is 6.06. The van der Waals surface area contributed by atoms with Crippen molar-refractivity contribution in [1.29, 1.82) is 0 Å². The van der Waals surface area contributed by atoms with Crippen molar-refractivity contribution < 1.29 is 130 Å². The Kier molecular flexibility index (Phi) is 14.0. The van der Waals surface area contributed by atoms with Gasteiger partial charge in [-0.05, 0) is 6.92 Å². The van der Waals surface area contributed by atoms with Crippen molar-refractivity contribution in [2.75, 3.05) is 30.5 Å². The number of hydrogen-bond donors (Lipinski definition) is 0. The Morgan fingerprint density at radius 2 is 0.608 bits per heavy atom. The van der Waals surface area contributed by atoms with Crippen LogP contribution < -0.4 is 0 Å². The standard InChI is InChI=1S/C18H17F21O9S3/c1-9(48-51(44,45)8-12(23,24)15(29,30)18(37,38)39,2-4-46-49(40,41)6-10(19,20)13(25,26)16(31,32)33)3-5-47-50(42,43)7-11(21,22)14(27,28)17(34,35)36/h2-8H2,1H3. The zero-order valence-corrected chi connectivity index (χ0v) is 26.2. The van der Waals surface area contributed by atoms with Crippen LogP contribution in [0, 0.1) is 0 Å². The molecule has 0 radical (unpaired) electrons. The Balaban J connectivity index is 6.39. The van der Waals surface area contributed by atoms with E-state index in [0.29, 0.717) is 0 Å². The molecule has 0 aromatic carbocycles. The third kappa shape index (κ3) is 12.1. The number of hydrogen-bond acceptors (Lipinski definition) is 9. The minimum atomic E-state index is -7.19. The number of alkyl halides is 21. The van der Waals surface area contributed by atoms with Crippen molar-refractivity contribution in [2.45, 2.75) is 79.4 Å². The minimum absolute atomic E-state index is 0.0510. The first-order valence-electron chi connectivity index (χ1n) is 11.9. The van der Waals surface area contributed by atoms with Crippen LogP contribution in [0.2, 0.25) is 0 Å². The van der Waals surface area contributed by atoms with Crippen LogP contribution in [0.3, 0.4) is 0 Å². The first-order valence-corrected chi connectivity index (χ1v) is 16.6. The van der Waals surface area contributed by atoms with Gasteiger partial charge in [-0.1, -0.05) is 0 Å². The topological polar surface area (TPSA) is 130 Å². The zero-order chi connectivity index (χ0) is 41.6. The molecule has 9 nitrogen and oxygen atoms in total. The second-order valence-corrected chi connectivity index (χ2v) is 15.0. The SMILES string of the molecule is CC(CCOS(=O)(=O)CC(F)(F)C(F)(F)C(F)(F)F)(CCOS(=O)(=O)CC(F)(F)C(F)(F)C(F)(F)F)OS(=O)(=O)CC(F)(F)C(F)(F)C(F)(F)F. The monoisotopic (exact) mass is 872 g/mol. The Labute approximate surface area is 270 Å². The Morgan fingerprint density at radius 1 is 0.392 bits per heavy atom. The summed E-state index contributed by atoms with van der Waals surface area (Å²) in [6.07, 6.45) is -25.1. The molecular weight excluding hydrogens is 855 g/mol. The van der Waals surface area contributed by atoms with Gasteiger partial charge in [0.15, 0.2) is 0 Å². The lowest BCUT2D eigenvalue weighted by Gasteiger charge is -2.32. The van der Waals surface area contributed by atoms with Crippen LogP contribution >= 0.6 is 0 Å². The Morgan fingerprint density at radius 3 is 0.824 bits per heavy atom. The summed E-state index contributed by atoms with van der Waals surface area (Å²) in [7, 11) is -19.3. The second kappa shape index (κ2) is 14.5. The van der Waals surface area contributed by atoms with Gasteiger partial charge in [0, 0.05) is 12.8 Å². The molecule has 0 saturated carbocycles. The molecule has 0 saturated heterocycles. The lowest BCUT2D eigenvalue weighted by Crippen LogP contribution is -2.55. The lowest BCUT2D eigenvalue weighted by molar-refractivity contribution is -0.349. The summed E-state index contributed by atoms with van der Waals surface area (Å²) < 4.78 is 352. The fraction of sp³-hybridized carbons (Fsp3) is 1.00. The van der Waals surface area contributed by atoms with E-state index in [1.54, 1.807) is 0 Å². The molecule has 0 spiro atoms. The third-order valence-electron chi connectivity index (χ3n) is 5.64. The lowest BCUT2D eigenvalue weighted by atomic mass is 9.99. The Bertz CT molecular complexity index is 1450. The molecule has 0 amide bonds. The Hall–Kier alpha value is -1.74. The summed E-state index contributed by atoms with van der Waals surface area (Å²) in [6, 6.07) is 0. The van der Waals surface area contributed by atoms with E-state index in [-0.39, 0.29) is 6.92 Å². The van der Waals surface area contributed by atoms with Gasteiger partial charge >= 0.3 is 54.1 Å². The van der Waals surface area contributed by atoms with Crippen LogP contribution in [0.15, 0.2) is 0 Å². The molecular formula is C18H17F21O9S3. The van der Waals surface area contributed by atoms with Crippen molar-refractivity contribution in [3.05, 3.63) is 0 Å². The number of rotatable bonds is 19. The van der Waals surface area contributed by atoms with E-state index in [9.17, 15) is 117 Å². The van der Waals surface area contributed by atoms with Crippen molar-refractivity contribution in [1.82, 2.24) is 0 Å². The molecule has 0 N–H and O–H groups in total. The van der Waals surface area contributed by atoms with Crippen LogP contribution in [-0.2, 0) is 42.9 Å². The molecule has 33 heteroatoms. The molecule has 0 aromatic rings. The van der Waals surface area contributed by atoms with Crippen molar-refractivity contribution >= 4 is 30.4 Å². The van der Waals surface area contributed by atoms with Gasteiger partial charge in [0.05, 0.1) is 18.8 Å². The fourth-order valence-electron chi connectivity index (χ4n) is 2.96. The summed E-state index contributed by atoms with van der Waals surface area (Å²) in [5, 5.41) is 0. The predicted molar refractivity (Wildman–Crippen MR) is 120 cm³/mol. The van der Waals surface area contributed by atoms with Gasteiger partial charge in [0.1, 0.15) is 17.3 Å². The molecule has 0 aromatic heterocycles. The van der Waals surface area contributed by atoms with E-state index >= 15 is 0 Å². The van der Waals surface area contributed by atoms with Gasteiger partial charge in [-0.15, -0.1) is 0 Å². The molecule has 0 fully saturated rings. The highest BCUT2D eigenvalue weighted by Gasteiger charge is 2.76. The van der Waals surface area contributed by atoms with E-state index in [1.807, 2.05) is 0 Å². The molecule has 0 aliphatic rings. The molecule has 51 heavy (non-hydrogen) atoms. The molecule has 308 valence electrons. The van der Waals surface area contributed by atoms with Crippen LogP contribution in [0.25, 0.3) is 0 Å². The highest BCUT2D eigenvalue weighted by molar-refractivity contribution is 7.87. The zero-order valence-electron chi connectivity index (χ0n) is 23.8. The summed E-state index contributed by atoms with van der Waals surface area (Å²) in [6.45, 7) is -4.09. The summed E-state index contributed by atoms with van der Waals surface area (Å²) in [5.74, 6) is -51.9. The maximum Gasteiger partial charge on any atom is 0.459 e. The van der Waals surface area contributed by atoms with E-state index < -0.39 is 133 Å². The molecule has 0 unspecified atom stereocenters. The normalized spacial score (nSPS) is 16.1. The van der Waals surface area contributed by atoms with E-state index in [0.717, 1.165) is 0 Å². The second-order valence-electron chi connectivity index (χ2n) is 10.1. The largest absolute Gasteiger partial charge is 0.459 e. The smallest absolute Gasteiger partial charge is 0.270 e. The highest BCUT2D eigenvalue weighted by Crippen LogP contribution is 2.49. The first kappa shape index (κ1) is 49.3. The van der Waals surface area contributed by atoms with E-state index in [4.69, 9.17) is 0 Å². The summed E-state index contributed by atoms with van der Waals surface area (Å²) >= 11 is 0. The maximum absolute atomic E-state index is 13.7. The average molecular weight is 872 g/mol. The minimum Gasteiger partial charge on any atom is -0.270 e. The molecule has 0 bridgehead atoms. The van der Waals surface area contributed by atoms with Crippen molar-refractivity contribution in [3.8, 4) is 0 Å². The van der Waals surface area contributed by atoms with Gasteiger partial charge in [-0.2, -0.15) is 117 Å². The molecule has 0 aliphatic carbocycles. The van der Waals surface area contributed by atoms with Gasteiger partial charge < -0.3 is 0 Å². The number of halogens is 21. The van der Waals surface area contributed by atoms with Gasteiger partial charge in [-0.3, -0.25) is 12.5 Å². The third-order valence-corrected chi connectivity index (χ3v) is 9.49. The van der Waals surface area contributed by atoms with Gasteiger partial charge in [0.25, 0.3) is 30.4 Å². The van der Waals surface area contributed by atoms with Gasteiger partial charge in [0.2, 0.25) is 0 Å². The van der Waals surface area contributed by atoms with Crippen LogP contribution in [0.1, 0.15) is 19.8 Å². The summed E-state index contributed by atoms with van der Waals surface area (Å²) in [4.78, 5) is 0. The van der Waals surface area contributed by atoms with Gasteiger partial charge in [-0.25, -0.2) is 0 Å². The maximum atomic E-state index is 13.7.